The van der Waals surface area contributed by atoms with Crippen LogP contribution >= 0.6 is 11.6 Å². The van der Waals surface area contributed by atoms with Crippen molar-refractivity contribution in [3.8, 4) is 0 Å². The topological polar surface area (TPSA) is 104 Å². The van der Waals surface area contributed by atoms with E-state index >= 15 is 0 Å². The summed E-state index contributed by atoms with van der Waals surface area (Å²) in [7, 11) is -3.75. The molecule has 2 aromatic rings. The number of carbonyl (C=O) groups excluding carboxylic acids is 1. The number of carbonyl (C=O) groups is 1. The van der Waals surface area contributed by atoms with Crippen LogP contribution in [0.3, 0.4) is 0 Å². The molecule has 2 N–H and O–H groups in total. The van der Waals surface area contributed by atoms with E-state index in [1.54, 1.807) is 30.6 Å². The van der Waals surface area contributed by atoms with E-state index in [4.69, 9.17) is 11.6 Å². The van der Waals surface area contributed by atoms with Gasteiger partial charge in [0.05, 0.1) is 5.02 Å². The predicted octanol–water partition coefficient (Wildman–Crippen LogP) is 1.58. The minimum atomic E-state index is -3.75. The van der Waals surface area contributed by atoms with Crippen molar-refractivity contribution in [3.05, 3.63) is 47.7 Å². The molecule has 1 atom stereocenters. The summed E-state index contributed by atoms with van der Waals surface area (Å²) in [4.78, 5) is 22.7. The molecule has 1 aromatic heterocycles. The van der Waals surface area contributed by atoms with Gasteiger partial charge in [-0.1, -0.05) is 23.7 Å². The van der Waals surface area contributed by atoms with E-state index in [-0.39, 0.29) is 34.8 Å². The summed E-state index contributed by atoms with van der Waals surface area (Å²) < 4.78 is 27.0. The van der Waals surface area contributed by atoms with Crippen molar-refractivity contribution in [3.63, 3.8) is 0 Å². The lowest BCUT2D eigenvalue weighted by Gasteiger charge is -2.33. The van der Waals surface area contributed by atoms with Gasteiger partial charge in [-0.2, -0.15) is 0 Å². The number of anilines is 1. The zero-order valence-corrected chi connectivity index (χ0v) is 16.8. The van der Waals surface area contributed by atoms with E-state index in [0.717, 1.165) is 19.4 Å². The lowest BCUT2D eigenvalue weighted by Crippen LogP contribution is -2.48. The van der Waals surface area contributed by atoms with Gasteiger partial charge in [-0.05, 0) is 31.0 Å². The minimum Gasteiger partial charge on any atom is -0.352 e. The highest BCUT2D eigenvalue weighted by Crippen LogP contribution is 2.20. The van der Waals surface area contributed by atoms with E-state index in [1.165, 1.54) is 12.1 Å². The number of benzene rings is 1. The standard InChI is InChI=1S/C18H22ClN5O3S/c19-15-6-1-2-7-16(15)28(26,27)22-11-8-17(25)23-14-5-3-12-24(13-14)18-20-9-4-10-21-18/h1-2,4,6-7,9-10,14,22H,3,5,8,11-13H2,(H,23,25). The molecule has 0 radical (unpaired) electrons. The molecule has 1 aliphatic rings. The molecule has 1 fully saturated rings. The first kappa shape index (κ1) is 20.5. The number of aromatic nitrogens is 2. The molecule has 0 aliphatic carbocycles. The molecule has 2 heterocycles. The fraction of sp³-hybridized carbons (Fsp3) is 0.389. The van der Waals surface area contributed by atoms with Crippen molar-refractivity contribution in [2.24, 2.45) is 0 Å². The maximum Gasteiger partial charge on any atom is 0.242 e. The van der Waals surface area contributed by atoms with Crippen molar-refractivity contribution in [2.75, 3.05) is 24.5 Å². The van der Waals surface area contributed by atoms with Crippen LogP contribution in [0.15, 0.2) is 47.6 Å². The third kappa shape index (κ3) is 5.40. The number of halogens is 1. The normalized spacial score (nSPS) is 17.3. The first-order valence-electron chi connectivity index (χ1n) is 9.01. The quantitative estimate of drug-likeness (QED) is 0.700. The third-order valence-electron chi connectivity index (χ3n) is 4.39. The van der Waals surface area contributed by atoms with Gasteiger partial charge in [-0.15, -0.1) is 0 Å². The minimum absolute atomic E-state index is 0.00236. The van der Waals surface area contributed by atoms with Crippen LogP contribution in [-0.2, 0) is 14.8 Å². The number of nitrogens with zero attached hydrogens (tertiary/aromatic N) is 3. The van der Waals surface area contributed by atoms with Gasteiger partial charge < -0.3 is 10.2 Å². The SMILES string of the molecule is O=C(CCNS(=O)(=O)c1ccccc1Cl)NC1CCCN(c2ncccn2)C1. The van der Waals surface area contributed by atoms with Crippen molar-refractivity contribution in [1.29, 1.82) is 0 Å². The summed E-state index contributed by atoms with van der Waals surface area (Å²) in [6, 6.07) is 7.92. The molecule has 150 valence electrons. The van der Waals surface area contributed by atoms with Gasteiger partial charge in [0.25, 0.3) is 0 Å². The summed E-state index contributed by atoms with van der Waals surface area (Å²) in [5.74, 6) is 0.441. The van der Waals surface area contributed by atoms with Gasteiger partial charge in [-0.25, -0.2) is 23.1 Å². The Balaban J connectivity index is 1.47. The molecular formula is C18H22ClN5O3S. The van der Waals surface area contributed by atoms with Crippen LogP contribution in [0.25, 0.3) is 0 Å². The van der Waals surface area contributed by atoms with Crippen LogP contribution in [0.4, 0.5) is 5.95 Å². The summed E-state index contributed by atoms with van der Waals surface area (Å²) in [6.45, 7) is 1.47. The number of nitrogens with one attached hydrogen (secondary N) is 2. The molecule has 8 nitrogen and oxygen atoms in total. The largest absolute Gasteiger partial charge is 0.352 e. The van der Waals surface area contributed by atoms with Crippen LogP contribution in [0.1, 0.15) is 19.3 Å². The van der Waals surface area contributed by atoms with E-state index in [9.17, 15) is 13.2 Å². The summed E-state index contributed by atoms with van der Waals surface area (Å²) in [5, 5.41) is 3.10. The molecule has 0 spiro atoms. The molecule has 28 heavy (non-hydrogen) atoms. The number of rotatable bonds is 7. The Morgan fingerprint density at radius 1 is 1.21 bits per heavy atom. The van der Waals surface area contributed by atoms with E-state index in [1.807, 2.05) is 4.90 Å². The van der Waals surface area contributed by atoms with Crippen LogP contribution in [0, 0.1) is 0 Å². The average molecular weight is 424 g/mol. The lowest BCUT2D eigenvalue weighted by molar-refractivity contribution is -0.121. The Morgan fingerprint density at radius 3 is 2.71 bits per heavy atom. The van der Waals surface area contributed by atoms with Crippen molar-refractivity contribution in [1.82, 2.24) is 20.0 Å². The molecule has 1 aromatic carbocycles. The van der Waals surface area contributed by atoms with Gasteiger partial charge in [0, 0.05) is 44.5 Å². The number of amides is 1. The molecule has 10 heteroatoms. The maximum atomic E-state index is 12.3. The number of piperidine rings is 1. The van der Waals surface area contributed by atoms with Gasteiger partial charge in [0.15, 0.2) is 0 Å². The molecular weight excluding hydrogens is 402 g/mol. The molecule has 0 saturated carbocycles. The summed E-state index contributed by atoms with van der Waals surface area (Å²) in [6.07, 6.45) is 5.20. The van der Waals surface area contributed by atoms with Crippen LogP contribution in [0.5, 0.6) is 0 Å². The molecule has 1 amide bonds. The lowest BCUT2D eigenvalue weighted by atomic mass is 10.1. The first-order chi connectivity index (χ1) is 13.5. The highest BCUT2D eigenvalue weighted by Gasteiger charge is 2.23. The van der Waals surface area contributed by atoms with Crippen LogP contribution in [0.2, 0.25) is 5.02 Å². The van der Waals surface area contributed by atoms with Gasteiger partial charge in [-0.3, -0.25) is 4.79 Å². The predicted molar refractivity (Wildman–Crippen MR) is 107 cm³/mol. The van der Waals surface area contributed by atoms with Crippen molar-refractivity contribution in [2.45, 2.75) is 30.2 Å². The smallest absolute Gasteiger partial charge is 0.242 e. The van der Waals surface area contributed by atoms with Gasteiger partial charge in [0.2, 0.25) is 21.9 Å². The summed E-state index contributed by atoms with van der Waals surface area (Å²) >= 11 is 5.93. The fourth-order valence-corrected chi connectivity index (χ4v) is 4.62. The second-order valence-electron chi connectivity index (χ2n) is 6.48. The molecule has 3 rings (SSSR count). The zero-order chi connectivity index (χ0) is 20.0. The van der Waals surface area contributed by atoms with Crippen LogP contribution in [-0.4, -0.2) is 50.0 Å². The summed E-state index contributed by atoms with van der Waals surface area (Å²) in [5.41, 5.74) is 0. The van der Waals surface area contributed by atoms with E-state index in [2.05, 4.69) is 20.0 Å². The monoisotopic (exact) mass is 423 g/mol. The Hall–Kier alpha value is -2.23. The molecule has 1 saturated heterocycles. The number of hydrogen-bond acceptors (Lipinski definition) is 6. The maximum absolute atomic E-state index is 12.3. The first-order valence-corrected chi connectivity index (χ1v) is 10.9. The van der Waals surface area contributed by atoms with Gasteiger partial charge >= 0.3 is 0 Å². The Bertz CT molecular complexity index is 910. The highest BCUT2D eigenvalue weighted by atomic mass is 35.5. The second-order valence-corrected chi connectivity index (χ2v) is 8.62. The fourth-order valence-electron chi connectivity index (χ4n) is 3.07. The third-order valence-corrected chi connectivity index (χ3v) is 6.35. The van der Waals surface area contributed by atoms with Gasteiger partial charge in [0.1, 0.15) is 4.90 Å². The number of sulfonamides is 1. The highest BCUT2D eigenvalue weighted by molar-refractivity contribution is 7.89. The Labute approximate surface area is 169 Å². The van der Waals surface area contributed by atoms with E-state index < -0.39 is 10.0 Å². The van der Waals surface area contributed by atoms with Crippen LogP contribution < -0.4 is 14.9 Å². The Kier molecular flexibility index (Phi) is 6.82. The van der Waals surface area contributed by atoms with E-state index in [0.29, 0.717) is 12.5 Å². The average Bonchev–Trinajstić information content (AvgIpc) is 2.69. The van der Waals surface area contributed by atoms with Crippen molar-refractivity contribution >= 4 is 33.5 Å². The Morgan fingerprint density at radius 2 is 1.96 bits per heavy atom. The molecule has 1 aliphatic heterocycles. The second kappa shape index (κ2) is 9.31. The molecule has 1 unspecified atom stereocenters. The number of hydrogen-bond donors (Lipinski definition) is 2. The molecule has 0 bridgehead atoms. The zero-order valence-electron chi connectivity index (χ0n) is 15.2. The van der Waals surface area contributed by atoms with Crippen molar-refractivity contribution < 1.29 is 13.2 Å².